The summed E-state index contributed by atoms with van der Waals surface area (Å²) in [7, 11) is 0. The summed E-state index contributed by atoms with van der Waals surface area (Å²) in [5.41, 5.74) is 6.02. The van der Waals surface area contributed by atoms with Crippen LogP contribution in [-0.2, 0) is 0 Å². The molecule has 0 spiro atoms. The molecule has 0 amide bonds. The SMILES string of the molecule is CC(C)(C)[C@@H](N)c1nc(C2CSc3ccccc3O2)no1. The Bertz CT molecular complexity index is 636. The summed E-state index contributed by atoms with van der Waals surface area (Å²) >= 11 is 1.74. The van der Waals surface area contributed by atoms with Crippen molar-refractivity contribution in [2.45, 2.75) is 37.8 Å². The van der Waals surface area contributed by atoms with Crippen molar-refractivity contribution in [3.05, 3.63) is 36.0 Å². The zero-order valence-corrected chi connectivity index (χ0v) is 13.2. The number of benzene rings is 1. The Morgan fingerprint density at radius 3 is 2.86 bits per heavy atom. The van der Waals surface area contributed by atoms with Crippen LogP contribution in [-0.4, -0.2) is 15.9 Å². The Hall–Kier alpha value is -1.53. The predicted octanol–water partition coefficient (Wildman–Crippen LogP) is 3.34. The molecule has 1 aliphatic heterocycles. The third-order valence-corrected chi connectivity index (χ3v) is 4.57. The van der Waals surface area contributed by atoms with Crippen LogP contribution in [0, 0.1) is 5.41 Å². The minimum atomic E-state index is -0.290. The van der Waals surface area contributed by atoms with E-state index in [0.717, 1.165) is 16.4 Å². The molecule has 2 atom stereocenters. The lowest BCUT2D eigenvalue weighted by molar-refractivity contribution is 0.204. The van der Waals surface area contributed by atoms with E-state index in [2.05, 4.69) is 10.1 Å². The van der Waals surface area contributed by atoms with Gasteiger partial charge in [0.2, 0.25) is 11.7 Å². The number of ether oxygens (including phenoxy) is 1. The molecule has 5 nitrogen and oxygen atoms in total. The van der Waals surface area contributed by atoms with E-state index in [9.17, 15) is 0 Å². The van der Waals surface area contributed by atoms with E-state index in [4.69, 9.17) is 15.0 Å². The van der Waals surface area contributed by atoms with Crippen molar-refractivity contribution < 1.29 is 9.26 Å². The van der Waals surface area contributed by atoms with Gasteiger partial charge in [0, 0.05) is 10.6 Å². The number of nitrogens with two attached hydrogens (primary N) is 1. The molecule has 1 aromatic heterocycles. The van der Waals surface area contributed by atoms with E-state index < -0.39 is 0 Å². The molecule has 0 saturated heterocycles. The predicted molar refractivity (Wildman–Crippen MR) is 81.2 cm³/mol. The van der Waals surface area contributed by atoms with Crippen LogP contribution in [0.3, 0.4) is 0 Å². The van der Waals surface area contributed by atoms with Crippen LogP contribution < -0.4 is 10.5 Å². The summed E-state index contributed by atoms with van der Waals surface area (Å²) in [6.07, 6.45) is -0.199. The van der Waals surface area contributed by atoms with Crippen LogP contribution in [0.2, 0.25) is 0 Å². The third-order valence-electron chi connectivity index (χ3n) is 3.45. The smallest absolute Gasteiger partial charge is 0.244 e. The lowest BCUT2D eigenvalue weighted by Gasteiger charge is -2.24. The molecule has 1 aromatic carbocycles. The number of para-hydroxylation sites is 1. The average Bonchev–Trinajstić information content (AvgIpc) is 2.94. The minimum absolute atomic E-state index is 0.126. The number of aromatic nitrogens is 2. The number of rotatable bonds is 2. The fraction of sp³-hybridized carbons (Fsp3) is 0.467. The molecule has 1 unspecified atom stereocenters. The van der Waals surface area contributed by atoms with Crippen molar-refractivity contribution in [2.24, 2.45) is 11.1 Å². The van der Waals surface area contributed by atoms with Gasteiger partial charge in [-0.25, -0.2) is 0 Å². The highest BCUT2D eigenvalue weighted by atomic mass is 32.2. The quantitative estimate of drug-likeness (QED) is 0.917. The average molecular weight is 305 g/mol. The number of hydrogen-bond donors (Lipinski definition) is 1. The normalized spacial score (nSPS) is 19.7. The molecule has 2 aromatic rings. The lowest BCUT2D eigenvalue weighted by Crippen LogP contribution is -2.26. The monoisotopic (exact) mass is 305 g/mol. The summed E-state index contributed by atoms with van der Waals surface area (Å²) in [6.45, 7) is 6.14. The van der Waals surface area contributed by atoms with Crippen LogP contribution in [0.4, 0.5) is 0 Å². The highest BCUT2D eigenvalue weighted by Gasteiger charge is 2.31. The minimum Gasteiger partial charge on any atom is -0.480 e. The fourth-order valence-electron chi connectivity index (χ4n) is 2.02. The molecule has 0 fully saturated rings. The van der Waals surface area contributed by atoms with E-state index >= 15 is 0 Å². The topological polar surface area (TPSA) is 74.2 Å². The van der Waals surface area contributed by atoms with Crippen LogP contribution in [0.15, 0.2) is 33.7 Å². The van der Waals surface area contributed by atoms with E-state index in [-0.39, 0.29) is 17.6 Å². The van der Waals surface area contributed by atoms with Gasteiger partial charge in [0.15, 0.2) is 6.10 Å². The molecular weight excluding hydrogens is 286 g/mol. The Kier molecular flexibility index (Phi) is 3.67. The van der Waals surface area contributed by atoms with E-state index in [1.54, 1.807) is 11.8 Å². The number of hydrogen-bond acceptors (Lipinski definition) is 6. The second-order valence-corrected chi connectivity index (χ2v) is 7.26. The second kappa shape index (κ2) is 5.35. The molecule has 6 heteroatoms. The summed E-state index contributed by atoms with van der Waals surface area (Å²) < 4.78 is 11.3. The standard InChI is InChI=1S/C15H19N3O2S/c1-15(2,3)12(16)14-17-13(18-20-14)10-8-21-11-7-5-4-6-9(11)19-10/h4-7,10,12H,8,16H2,1-3H3/t10?,12-/m0/s1. The Labute approximate surface area is 128 Å². The van der Waals surface area contributed by atoms with Gasteiger partial charge in [-0.05, 0) is 17.5 Å². The molecule has 112 valence electrons. The van der Waals surface area contributed by atoms with Gasteiger partial charge in [-0.2, -0.15) is 4.98 Å². The van der Waals surface area contributed by atoms with Crippen LogP contribution >= 0.6 is 11.8 Å². The zero-order chi connectivity index (χ0) is 15.0. The van der Waals surface area contributed by atoms with E-state index in [0.29, 0.717) is 11.7 Å². The van der Waals surface area contributed by atoms with Crippen molar-refractivity contribution in [3.8, 4) is 5.75 Å². The lowest BCUT2D eigenvalue weighted by atomic mass is 9.87. The number of fused-ring (bicyclic) bond motifs is 1. The highest BCUT2D eigenvalue weighted by Crippen LogP contribution is 2.39. The summed E-state index contributed by atoms with van der Waals surface area (Å²) in [5, 5.41) is 4.04. The van der Waals surface area contributed by atoms with Crippen molar-refractivity contribution in [3.63, 3.8) is 0 Å². The fourth-order valence-corrected chi connectivity index (χ4v) is 3.00. The largest absolute Gasteiger partial charge is 0.480 e. The molecule has 2 heterocycles. The maximum atomic E-state index is 6.15. The van der Waals surface area contributed by atoms with E-state index in [1.807, 2.05) is 45.0 Å². The number of nitrogens with zero attached hydrogens (tertiary/aromatic N) is 2. The van der Waals surface area contributed by atoms with Crippen molar-refractivity contribution in [1.29, 1.82) is 0 Å². The summed E-state index contributed by atoms with van der Waals surface area (Å²) in [4.78, 5) is 5.57. The molecule has 21 heavy (non-hydrogen) atoms. The van der Waals surface area contributed by atoms with Gasteiger partial charge in [0.25, 0.3) is 0 Å². The van der Waals surface area contributed by atoms with Crippen molar-refractivity contribution in [1.82, 2.24) is 10.1 Å². The first kappa shape index (κ1) is 14.4. The van der Waals surface area contributed by atoms with Gasteiger partial charge in [0.1, 0.15) is 5.75 Å². The van der Waals surface area contributed by atoms with Crippen LogP contribution in [0.5, 0.6) is 5.75 Å². The molecule has 0 radical (unpaired) electrons. The maximum absolute atomic E-state index is 6.15. The Balaban J connectivity index is 1.79. The summed E-state index contributed by atoms with van der Waals surface area (Å²) in [5.74, 6) is 2.66. The first-order valence-electron chi connectivity index (χ1n) is 6.93. The van der Waals surface area contributed by atoms with Gasteiger partial charge in [-0.1, -0.05) is 38.1 Å². The number of thioether (sulfide) groups is 1. The van der Waals surface area contributed by atoms with Crippen molar-refractivity contribution in [2.75, 3.05) is 5.75 Å². The molecule has 0 aliphatic carbocycles. The van der Waals surface area contributed by atoms with Gasteiger partial charge in [-0.3, -0.25) is 0 Å². The molecule has 1 aliphatic rings. The highest BCUT2D eigenvalue weighted by molar-refractivity contribution is 7.99. The van der Waals surface area contributed by atoms with E-state index in [1.165, 1.54) is 0 Å². The van der Waals surface area contributed by atoms with Crippen LogP contribution in [0.1, 0.15) is 44.6 Å². The molecule has 3 rings (SSSR count). The van der Waals surface area contributed by atoms with Gasteiger partial charge < -0.3 is 15.0 Å². The molecule has 2 N–H and O–H groups in total. The van der Waals surface area contributed by atoms with Gasteiger partial charge in [0.05, 0.1) is 6.04 Å². The maximum Gasteiger partial charge on any atom is 0.244 e. The van der Waals surface area contributed by atoms with Crippen molar-refractivity contribution >= 4 is 11.8 Å². The first-order valence-corrected chi connectivity index (χ1v) is 7.91. The summed E-state index contributed by atoms with van der Waals surface area (Å²) in [6, 6.07) is 7.68. The molecular formula is C15H19N3O2S. The Morgan fingerprint density at radius 2 is 2.10 bits per heavy atom. The Morgan fingerprint density at radius 1 is 1.33 bits per heavy atom. The molecule has 0 bridgehead atoms. The van der Waals surface area contributed by atoms with Gasteiger partial charge >= 0.3 is 0 Å². The first-order chi connectivity index (χ1) is 9.95. The van der Waals surface area contributed by atoms with Gasteiger partial charge in [-0.15, -0.1) is 11.8 Å². The van der Waals surface area contributed by atoms with Crippen LogP contribution in [0.25, 0.3) is 0 Å². The zero-order valence-electron chi connectivity index (χ0n) is 12.4. The second-order valence-electron chi connectivity index (χ2n) is 6.20. The third kappa shape index (κ3) is 2.91. The molecule has 0 saturated carbocycles.